The number of halogens is 1. The second-order valence-electron chi connectivity index (χ2n) is 5.37. The first kappa shape index (κ1) is 16.6. The summed E-state index contributed by atoms with van der Waals surface area (Å²) in [6.07, 6.45) is 5.43. The number of nitrogens with zero attached hydrogens (tertiary/aromatic N) is 2. The van der Waals surface area contributed by atoms with Gasteiger partial charge in [-0.3, -0.25) is 0 Å². The van der Waals surface area contributed by atoms with Gasteiger partial charge in [-0.15, -0.1) is 10.8 Å². The zero-order valence-corrected chi connectivity index (χ0v) is 14.8. The van der Waals surface area contributed by atoms with Crippen LogP contribution in [0.3, 0.4) is 0 Å². The van der Waals surface area contributed by atoms with Crippen molar-refractivity contribution in [3.05, 3.63) is 47.0 Å². The van der Waals surface area contributed by atoms with Gasteiger partial charge in [0.1, 0.15) is 5.82 Å². The van der Waals surface area contributed by atoms with Crippen LogP contribution in [0.1, 0.15) is 0 Å². The zero-order valence-electron chi connectivity index (χ0n) is 13.2. The molecule has 1 aliphatic heterocycles. The van der Waals surface area contributed by atoms with Gasteiger partial charge >= 0.3 is 0 Å². The summed E-state index contributed by atoms with van der Waals surface area (Å²) in [5.74, 6) is 3.12. The largest absolute Gasteiger partial charge is 0.454 e. The van der Waals surface area contributed by atoms with Crippen LogP contribution in [0, 0.1) is 18.2 Å². The Hall–Kier alpha value is -2.83. The van der Waals surface area contributed by atoms with Gasteiger partial charge in [-0.05, 0) is 24.3 Å². The maximum atomic E-state index is 13.0. The first-order valence-electron chi connectivity index (χ1n) is 7.41. The summed E-state index contributed by atoms with van der Waals surface area (Å²) in [5, 5.41) is 0. The standard InChI is InChI=1S/C17H11FN2O4S2/c1-2-7-20-13-8-14-15(24-10-23-14)9-16(13)25-17(20)19-26(21,22)12-5-3-11(18)4-6-12/h1,3-6,8-9H,7,10H2. The molecule has 0 radical (unpaired) electrons. The van der Waals surface area contributed by atoms with E-state index in [1.807, 2.05) is 0 Å². The fourth-order valence-corrected chi connectivity index (χ4v) is 4.78. The van der Waals surface area contributed by atoms with Crippen LogP contribution in [0.2, 0.25) is 0 Å². The molecule has 0 unspecified atom stereocenters. The SMILES string of the molecule is C#CCn1c(=NS(=O)(=O)c2ccc(F)cc2)sc2cc3c(cc21)OCO3. The van der Waals surface area contributed by atoms with Crippen LogP contribution in [0.4, 0.5) is 4.39 Å². The van der Waals surface area contributed by atoms with E-state index in [1.165, 1.54) is 23.5 Å². The van der Waals surface area contributed by atoms with E-state index in [0.717, 1.165) is 16.8 Å². The minimum atomic E-state index is -4.01. The summed E-state index contributed by atoms with van der Waals surface area (Å²) in [6.45, 7) is 0.273. The lowest BCUT2D eigenvalue weighted by atomic mass is 10.3. The van der Waals surface area contributed by atoms with E-state index in [-0.39, 0.29) is 23.0 Å². The quantitative estimate of drug-likeness (QED) is 0.645. The molecule has 0 bridgehead atoms. The minimum absolute atomic E-state index is 0.0993. The molecule has 0 saturated heterocycles. The van der Waals surface area contributed by atoms with E-state index in [0.29, 0.717) is 17.0 Å². The maximum Gasteiger partial charge on any atom is 0.285 e. The van der Waals surface area contributed by atoms with Crippen LogP contribution in [-0.4, -0.2) is 19.8 Å². The average Bonchev–Trinajstić information content (AvgIpc) is 3.18. The molecule has 1 aliphatic rings. The van der Waals surface area contributed by atoms with Gasteiger partial charge in [0, 0.05) is 12.1 Å². The summed E-state index contributed by atoms with van der Waals surface area (Å²) < 4.78 is 55.1. The van der Waals surface area contributed by atoms with E-state index >= 15 is 0 Å². The highest BCUT2D eigenvalue weighted by molar-refractivity contribution is 7.90. The lowest BCUT2D eigenvalue weighted by Crippen LogP contribution is -2.16. The Balaban J connectivity index is 1.93. The first-order chi connectivity index (χ1) is 12.5. The van der Waals surface area contributed by atoms with Crippen LogP contribution in [0.15, 0.2) is 45.7 Å². The number of sulfonamides is 1. The van der Waals surface area contributed by atoms with Crippen molar-refractivity contribution in [2.45, 2.75) is 11.4 Å². The average molecular weight is 390 g/mol. The summed E-state index contributed by atoms with van der Waals surface area (Å²) in [4.78, 5) is 0.115. The number of fused-ring (bicyclic) bond motifs is 2. The molecule has 0 N–H and O–H groups in total. The van der Waals surface area contributed by atoms with Crippen LogP contribution in [0.5, 0.6) is 11.5 Å². The van der Waals surface area contributed by atoms with Gasteiger partial charge in [-0.1, -0.05) is 17.3 Å². The predicted molar refractivity (Wildman–Crippen MR) is 93.9 cm³/mol. The van der Waals surface area contributed by atoms with Gasteiger partial charge in [-0.2, -0.15) is 8.42 Å². The third-order valence-electron chi connectivity index (χ3n) is 3.74. The van der Waals surface area contributed by atoms with Crippen molar-refractivity contribution in [2.75, 3.05) is 6.79 Å². The fourth-order valence-electron chi connectivity index (χ4n) is 2.54. The molecule has 26 heavy (non-hydrogen) atoms. The van der Waals surface area contributed by atoms with Crippen molar-refractivity contribution >= 4 is 31.6 Å². The number of hydrogen-bond donors (Lipinski definition) is 0. The highest BCUT2D eigenvalue weighted by Crippen LogP contribution is 2.37. The van der Waals surface area contributed by atoms with Gasteiger partial charge in [-0.25, -0.2) is 4.39 Å². The Bertz CT molecular complexity index is 1220. The second-order valence-corrected chi connectivity index (χ2v) is 7.98. The van der Waals surface area contributed by atoms with Gasteiger partial charge in [0.15, 0.2) is 11.5 Å². The van der Waals surface area contributed by atoms with Crippen LogP contribution in [-0.2, 0) is 16.6 Å². The summed E-state index contributed by atoms with van der Waals surface area (Å²) in [7, 11) is -4.01. The van der Waals surface area contributed by atoms with Gasteiger partial charge in [0.25, 0.3) is 10.0 Å². The fraction of sp³-hybridized carbons (Fsp3) is 0.118. The molecule has 1 aromatic heterocycles. The second kappa shape index (κ2) is 6.16. The van der Waals surface area contributed by atoms with E-state index in [9.17, 15) is 12.8 Å². The summed E-state index contributed by atoms with van der Waals surface area (Å²) in [5.41, 5.74) is 0.699. The van der Waals surface area contributed by atoms with E-state index < -0.39 is 15.8 Å². The zero-order chi connectivity index (χ0) is 18.3. The molecule has 0 atom stereocenters. The molecule has 0 saturated carbocycles. The molecule has 132 valence electrons. The van der Waals surface area contributed by atoms with Crippen molar-refractivity contribution in [3.63, 3.8) is 0 Å². The molecular formula is C17H11FN2O4S2. The predicted octanol–water partition coefficient (Wildman–Crippen LogP) is 2.49. The van der Waals surface area contributed by atoms with Crippen molar-refractivity contribution in [3.8, 4) is 23.8 Å². The number of aromatic nitrogens is 1. The molecule has 2 aromatic carbocycles. The molecule has 2 heterocycles. The lowest BCUT2D eigenvalue weighted by Gasteiger charge is -2.02. The third-order valence-corrected chi connectivity index (χ3v) is 6.17. The highest BCUT2D eigenvalue weighted by Gasteiger charge is 2.19. The molecule has 4 rings (SSSR count). The molecule has 0 spiro atoms. The van der Waals surface area contributed by atoms with Gasteiger partial charge < -0.3 is 14.0 Å². The molecule has 3 aromatic rings. The number of thiazole rings is 1. The molecule has 9 heteroatoms. The Morgan fingerprint density at radius 2 is 1.92 bits per heavy atom. The topological polar surface area (TPSA) is 69.9 Å². The Morgan fingerprint density at radius 1 is 1.23 bits per heavy atom. The van der Waals surface area contributed by atoms with E-state index in [2.05, 4.69) is 10.3 Å². The molecular weight excluding hydrogens is 379 g/mol. The molecule has 0 aliphatic carbocycles. The van der Waals surface area contributed by atoms with Gasteiger partial charge in [0.2, 0.25) is 11.6 Å². The normalized spacial score (nSPS) is 13.9. The third kappa shape index (κ3) is 2.83. The van der Waals surface area contributed by atoms with Crippen molar-refractivity contribution in [1.82, 2.24) is 4.57 Å². The van der Waals surface area contributed by atoms with Crippen LogP contribution < -0.4 is 14.3 Å². The Kier molecular flexibility index (Phi) is 3.94. The number of terminal acetylenes is 1. The number of hydrogen-bond acceptors (Lipinski definition) is 5. The Morgan fingerprint density at radius 3 is 2.62 bits per heavy atom. The van der Waals surface area contributed by atoms with Crippen molar-refractivity contribution < 1.29 is 22.3 Å². The summed E-state index contributed by atoms with van der Waals surface area (Å²) >= 11 is 1.17. The monoisotopic (exact) mass is 390 g/mol. The summed E-state index contributed by atoms with van der Waals surface area (Å²) in [6, 6.07) is 7.99. The van der Waals surface area contributed by atoms with Crippen molar-refractivity contribution in [2.24, 2.45) is 4.40 Å². The maximum absolute atomic E-state index is 13.0. The number of benzene rings is 2. The minimum Gasteiger partial charge on any atom is -0.454 e. The molecule has 0 amide bonds. The number of rotatable bonds is 3. The van der Waals surface area contributed by atoms with E-state index in [4.69, 9.17) is 15.9 Å². The Labute approximate surface area is 152 Å². The van der Waals surface area contributed by atoms with Crippen molar-refractivity contribution in [1.29, 1.82) is 0 Å². The van der Waals surface area contributed by atoms with E-state index in [1.54, 1.807) is 16.7 Å². The van der Waals surface area contributed by atoms with Crippen LogP contribution >= 0.6 is 11.3 Å². The highest BCUT2D eigenvalue weighted by atomic mass is 32.2. The first-order valence-corrected chi connectivity index (χ1v) is 9.66. The van der Waals surface area contributed by atoms with Crippen LogP contribution in [0.25, 0.3) is 10.2 Å². The molecule has 6 nitrogen and oxygen atoms in total. The smallest absolute Gasteiger partial charge is 0.285 e. The lowest BCUT2D eigenvalue weighted by molar-refractivity contribution is 0.174. The van der Waals surface area contributed by atoms with Gasteiger partial charge in [0.05, 0.1) is 21.7 Å². The molecule has 0 fully saturated rings. The number of ether oxygens (including phenoxy) is 2.